The van der Waals surface area contributed by atoms with Gasteiger partial charge >= 0.3 is 12.1 Å². The minimum atomic E-state index is -1.26. The molecule has 2 aromatic carbocycles. The highest BCUT2D eigenvalue weighted by Crippen LogP contribution is 2.10. The van der Waals surface area contributed by atoms with E-state index in [1.165, 1.54) is 0 Å². The summed E-state index contributed by atoms with van der Waals surface area (Å²) in [7, 11) is 0. The van der Waals surface area contributed by atoms with Gasteiger partial charge in [0.05, 0.1) is 6.04 Å². The molecule has 12 nitrogen and oxygen atoms in total. The Kier molecular flexibility index (Phi) is 14.7. The predicted octanol–water partition coefficient (Wildman–Crippen LogP) is 2.74. The van der Waals surface area contributed by atoms with E-state index in [9.17, 15) is 33.9 Å². The molecule has 5 N–H and O–H groups in total. The largest absolute Gasteiger partial charge is 0.480 e. The van der Waals surface area contributed by atoms with Crippen molar-refractivity contribution in [3.05, 3.63) is 71.8 Å². The average molecular weight is 625 g/mol. The van der Waals surface area contributed by atoms with Crippen molar-refractivity contribution in [3.63, 3.8) is 0 Å². The first-order valence-electron chi connectivity index (χ1n) is 15.0. The number of amides is 4. The summed E-state index contributed by atoms with van der Waals surface area (Å²) in [6.45, 7) is 8.48. The average Bonchev–Trinajstić information content (AvgIpc) is 3.00. The summed E-state index contributed by atoms with van der Waals surface area (Å²) in [5.74, 6) is -5.25. The summed E-state index contributed by atoms with van der Waals surface area (Å²) in [6.07, 6.45) is -0.562. The number of carbonyl (C=O) groups excluding carboxylic acids is 5. The summed E-state index contributed by atoms with van der Waals surface area (Å²) in [6, 6.07) is 13.2. The zero-order chi connectivity index (χ0) is 33.5. The van der Waals surface area contributed by atoms with Crippen molar-refractivity contribution in [3.8, 4) is 0 Å². The second kappa shape index (κ2) is 18.2. The lowest BCUT2D eigenvalue weighted by atomic mass is 9.99. The van der Waals surface area contributed by atoms with Crippen molar-refractivity contribution in [2.75, 3.05) is 0 Å². The molecule has 0 fully saturated rings. The Morgan fingerprint density at radius 2 is 1.27 bits per heavy atom. The topological polar surface area (TPSA) is 180 Å². The molecule has 0 aromatic heterocycles. The first kappa shape index (κ1) is 36.5. The van der Waals surface area contributed by atoms with E-state index < -0.39 is 65.7 Å². The first-order valence-corrected chi connectivity index (χ1v) is 15.0. The van der Waals surface area contributed by atoms with Crippen LogP contribution in [-0.4, -0.2) is 64.8 Å². The van der Waals surface area contributed by atoms with Crippen LogP contribution in [0.3, 0.4) is 0 Å². The Labute approximate surface area is 263 Å². The second-order valence-electron chi connectivity index (χ2n) is 11.5. The Hall–Kier alpha value is -4.74. The molecule has 244 valence electrons. The molecule has 2 aromatic rings. The van der Waals surface area contributed by atoms with Gasteiger partial charge in [0.1, 0.15) is 24.7 Å². The molecule has 0 radical (unpaired) electrons. The lowest BCUT2D eigenvalue weighted by molar-refractivity contribution is -0.144. The van der Waals surface area contributed by atoms with Gasteiger partial charge in [0, 0.05) is 6.42 Å². The van der Waals surface area contributed by atoms with Crippen LogP contribution in [0.5, 0.6) is 0 Å². The highest BCUT2D eigenvalue weighted by Gasteiger charge is 2.33. The van der Waals surface area contributed by atoms with E-state index in [1.54, 1.807) is 69.3 Å². The third kappa shape index (κ3) is 12.4. The summed E-state index contributed by atoms with van der Waals surface area (Å²) in [5.41, 5.74) is 1.49. The van der Waals surface area contributed by atoms with E-state index in [0.717, 1.165) is 11.1 Å². The van der Waals surface area contributed by atoms with Gasteiger partial charge in [0.25, 0.3) is 5.91 Å². The first-order chi connectivity index (χ1) is 21.3. The normalized spacial score (nSPS) is 13.6. The molecule has 0 aliphatic carbocycles. The van der Waals surface area contributed by atoms with E-state index in [2.05, 4.69) is 21.3 Å². The van der Waals surface area contributed by atoms with Gasteiger partial charge in [-0.1, -0.05) is 95.3 Å². The third-order valence-corrected chi connectivity index (χ3v) is 6.93. The van der Waals surface area contributed by atoms with Gasteiger partial charge < -0.3 is 31.1 Å². The molecule has 12 heteroatoms. The smallest absolute Gasteiger partial charge is 0.408 e. The van der Waals surface area contributed by atoms with E-state index >= 15 is 0 Å². The van der Waals surface area contributed by atoms with Crippen molar-refractivity contribution in [2.24, 2.45) is 11.8 Å². The van der Waals surface area contributed by atoms with Crippen LogP contribution in [0.2, 0.25) is 0 Å². The molecule has 0 saturated carbocycles. The number of hydrogen-bond acceptors (Lipinski definition) is 7. The monoisotopic (exact) mass is 624 g/mol. The third-order valence-electron chi connectivity index (χ3n) is 6.93. The fourth-order valence-electron chi connectivity index (χ4n) is 4.45. The molecule has 4 atom stereocenters. The zero-order valence-corrected chi connectivity index (χ0v) is 26.4. The van der Waals surface area contributed by atoms with Crippen LogP contribution in [0.25, 0.3) is 0 Å². The van der Waals surface area contributed by atoms with Gasteiger partial charge in [-0.15, -0.1) is 0 Å². The van der Waals surface area contributed by atoms with Crippen LogP contribution in [0.1, 0.15) is 58.6 Å². The van der Waals surface area contributed by atoms with Gasteiger partial charge in [-0.25, -0.2) is 9.59 Å². The molecule has 0 aliphatic rings. The van der Waals surface area contributed by atoms with Gasteiger partial charge in [0.2, 0.25) is 17.6 Å². The Balaban J connectivity index is 2.14. The van der Waals surface area contributed by atoms with Crippen molar-refractivity contribution in [1.82, 2.24) is 21.3 Å². The van der Waals surface area contributed by atoms with Gasteiger partial charge in [0.15, 0.2) is 0 Å². The van der Waals surface area contributed by atoms with Crippen LogP contribution < -0.4 is 21.3 Å². The fourth-order valence-corrected chi connectivity index (χ4v) is 4.45. The number of carboxylic acid groups (broad SMARTS) is 1. The molecule has 2 rings (SSSR count). The number of hydrogen-bond donors (Lipinski definition) is 5. The van der Waals surface area contributed by atoms with E-state index in [0.29, 0.717) is 0 Å². The molecule has 1 unspecified atom stereocenters. The molecule has 4 amide bonds. The Morgan fingerprint density at radius 1 is 0.711 bits per heavy atom. The van der Waals surface area contributed by atoms with Gasteiger partial charge in [-0.2, -0.15) is 0 Å². The summed E-state index contributed by atoms with van der Waals surface area (Å²) >= 11 is 0. The van der Waals surface area contributed by atoms with Gasteiger partial charge in [-0.3, -0.25) is 19.2 Å². The molecule has 0 spiro atoms. The minimum Gasteiger partial charge on any atom is -0.480 e. The molecule has 45 heavy (non-hydrogen) atoms. The number of rotatable bonds is 17. The number of carboxylic acids is 1. The van der Waals surface area contributed by atoms with Gasteiger partial charge in [-0.05, 0) is 35.8 Å². The van der Waals surface area contributed by atoms with E-state index in [1.807, 2.05) is 26.0 Å². The molecule has 0 bridgehead atoms. The number of ketones is 1. The number of aliphatic carboxylic acids is 1. The van der Waals surface area contributed by atoms with Crippen molar-refractivity contribution in [2.45, 2.75) is 84.7 Å². The number of benzene rings is 2. The number of Topliss-reactive ketones (excluding diaryl/α,β-unsaturated/α-hetero) is 1. The molecular weight excluding hydrogens is 580 g/mol. The summed E-state index contributed by atoms with van der Waals surface area (Å²) < 4.78 is 5.28. The maximum Gasteiger partial charge on any atom is 0.408 e. The molecule has 0 saturated heterocycles. The summed E-state index contributed by atoms with van der Waals surface area (Å²) in [5, 5.41) is 19.4. The maximum absolute atomic E-state index is 13.4. The van der Waals surface area contributed by atoms with Crippen LogP contribution >= 0.6 is 0 Å². The molecule has 0 heterocycles. The number of ether oxygens (including phenoxy) is 1. The number of carbonyl (C=O) groups is 6. The second-order valence-corrected chi connectivity index (χ2v) is 11.5. The maximum atomic E-state index is 13.4. The standard InChI is InChI=1S/C33H44N4O8/c1-6-24(28(38)31(41)35-25(17-20(2)3)30(40)37-27(21(4)5)32(42)43)34-29(39)26(18-22-13-9-7-10-14-22)36-33(44)45-19-23-15-11-8-12-16-23/h7-16,20-21,24-27H,6,17-19H2,1-5H3,(H,34,39)(H,35,41)(H,36,44)(H,37,40)(H,42,43)/t24?,25-,26+,27+/m1/s1. The highest BCUT2D eigenvalue weighted by atomic mass is 16.5. The Bertz CT molecular complexity index is 1300. The molecule has 0 aliphatic heterocycles. The lowest BCUT2D eigenvalue weighted by Gasteiger charge is -2.25. The van der Waals surface area contributed by atoms with Crippen LogP contribution in [0.15, 0.2) is 60.7 Å². The predicted molar refractivity (Wildman–Crippen MR) is 167 cm³/mol. The minimum absolute atomic E-state index is 0.0158. The fraction of sp³-hybridized carbons (Fsp3) is 0.455. The number of nitrogens with one attached hydrogen (secondary N) is 4. The Morgan fingerprint density at radius 3 is 1.78 bits per heavy atom. The lowest BCUT2D eigenvalue weighted by Crippen LogP contribution is -2.57. The zero-order valence-electron chi connectivity index (χ0n) is 26.4. The van der Waals surface area contributed by atoms with Crippen LogP contribution in [0.4, 0.5) is 4.79 Å². The van der Waals surface area contributed by atoms with Crippen molar-refractivity contribution in [1.29, 1.82) is 0 Å². The highest BCUT2D eigenvalue weighted by molar-refractivity contribution is 6.38. The van der Waals surface area contributed by atoms with E-state index in [4.69, 9.17) is 4.74 Å². The van der Waals surface area contributed by atoms with Crippen LogP contribution in [-0.2, 0) is 41.7 Å². The van der Waals surface area contributed by atoms with E-state index in [-0.39, 0.29) is 31.8 Å². The SMILES string of the molecule is CCC(NC(=O)[C@H](Cc1ccccc1)NC(=O)OCc1ccccc1)C(=O)C(=O)N[C@H](CC(C)C)C(=O)N[C@H](C(=O)O)C(C)C. The quantitative estimate of drug-likeness (QED) is 0.167. The molecular formula is C33H44N4O8. The van der Waals surface area contributed by atoms with Crippen LogP contribution in [0, 0.1) is 11.8 Å². The summed E-state index contributed by atoms with van der Waals surface area (Å²) in [4.78, 5) is 76.8. The number of alkyl carbamates (subject to hydrolysis) is 1. The van der Waals surface area contributed by atoms with Crippen molar-refractivity contribution < 1.29 is 38.6 Å². The van der Waals surface area contributed by atoms with Crippen molar-refractivity contribution >= 4 is 35.6 Å².